The zero-order valence-electron chi connectivity index (χ0n) is 16.6. The average molecular weight is 380 g/mol. The van der Waals surface area contributed by atoms with Gasteiger partial charge in [0.05, 0.1) is 6.54 Å². The first-order chi connectivity index (χ1) is 13.6. The molecule has 2 unspecified atom stereocenters. The monoisotopic (exact) mass is 380 g/mol. The molecule has 0 bridgehead atoms. The van der Waals surface area contributed by atoms with Gasteiger partial charge in [-0.25, -0.2) is 9.97 Å². The molecule has 0 radical (unpaired) electrons. The third kappa shape index (κ3) is 4.25. The van der Waals surface area contributed by atoms with Crippen molar-refractivity contribution in [2.75, 3.05) is 43.4 Å². The van der Waals surface area contributed by atoms with E-state index in [0.717, 1.165) is 44.2 Å². The van der Waals surface area contributed by atoms with E-state index in [1.54, 1.807) is 11.2 Å². The van der Waals surface area contributed by atoms with Crippen LogP contribution in [0.15, 0.2) is 42.7 Å². The van der Waals surface area contributed by atoms with Crippen LogP contribution >= 0.6 is 0 Å². The normalized spacial score (nSPS) is 23.3. The Hall–Kier alpha value is -2.67. The molecule has 2 aliphatic rings. The van der Waals surface area contributed by atoms with Crippen molar-refractivity contribution >= 4 is 17.5 Å². The number of likely N-dealkylation sites (tertiary alicyclic amines) is 1. The largest absolute Gasteiger partial charge is 0.366 e. The predicted molar refractivity (Wildman–Crippen MR) is 110 cm³/mol. The van der Waals surface area contributed by atoms with Crippen LogP contribution in [0.4, 0.5) is 11.6 Å². The Bertz CT molecular complexity index is 814. The van der Waals surface area contributed by atoms with Gasteiger partial charge < -0.3 is 15.1 Å². The molecule has 4 rings (SSSR count). The Kier molecular flexibility index (Phi) is 5.43. The Morgan fingerprint density at radius 3 is 2.79 bits per heavy atom. The van der Waals surface area contributed by atoms with E-state index < -0.39 is 0 Å². The van der Waals surface area contributed by atoms with Gasteiger partial charge in [0.1, 0.15) is 18.0 Å². The van der Waals surface area contributed by atoms with Gasteiger partial charge in [0, 0.05) is 51.4 Å². The van der Waals surface area contributed by atoms with E-state index in [1.807, 2.05) is 18.0 Å². The lowest BCUT2D eigenvalue weighted by Gasteiger charge is -2.32. The number of likely N-dealkylation sites (N-methyl/N-ethyl adjacent to an activating group) is 1. The fourth-order valence-corrected chi connectivity index (χ4v) is 4.00. The van der Waals surface area contributed by atoms with Crippen molar-refractivity contribution in [2.24, 2.45) is 0 Å². The third-order valence-corrected chi connectivity index (χ3v) is 5.72. The molecular weight excluding hydrogens is 352 g/mol. The summed E-state index contributed by atoms with van der Waals surface area (Å²) in [6.45, 7) is 6.13. The summed E-state index contributed by atoms with van der Waals surface area (Å²) in [6.07, 6.45) is 2.67. The van der Waals surface area contributed by atoms with Crippen LogP contribution in [-0.4, -0.2) is 71.0 Å². The molecule has 7 nitrogen and oxygen atoms in total. The summed E-state index contributed by atoms with van der Waals surface area (Å²) in [6, 6.07) is 13.5. The molecule has 1 amide bonds. The lowest BCUT2D eigenvalue weighted by Crippen LogP contribution is -2.48. The SMILES string of the molecule is CC1CC(Nc2cc(N3CCN(C)C(=O)C3)ncn2)CN1Cc1ccccc1. The molecule has 2 fully saturated rings. The summed E-state index contributed by atoms with van der Waals surface area (Å²) in [7, 11) is 1.84. The lowest BCUT2D eigenvalue weighted by molar-refractivity contribution is -0.129. The number of hydrogen-bond donors (Lipinski definition) is 1. The summed E-state index contributed by atoms with van der Waals surface area (Å²) in [5.41, 5.74) is 1.35. The third-order valence-electron chi connectivity index (χ3n) is 5.72. The van der Waals surface area contributed by atoms with Crippen LogP contribution in [0.5, 0.6) is 0 Å². The van der Waals surface area contributed by atoms with Gasteiger partial charge in [-0.1, -0.05) is 30.3 Å². The fraction of sp³-hybridized carbons (Fsp3) is 0.476. The highest BCUT2D eigenvalue weighted by Gasteiger charge is 2.29. The van der Waals surface area contributed by atoms with Crippen molar-refractivity contribution in [2.45, 2.75) is 32.0 Å². The summed E-state index contributed by atoms with van der Waals surface area (Å²) in [5.74, 6) is 1.77. The predicted octanol–water partition coefficient (Wildman–Crippen LogP) is 1.83. The van der Waals surface area contributed by atoms with Crippen LogP contribution in [-0.2, 0) is 11.3 Å². The quantitative estimate of drug-likeness (QED) is 0.854. The highest BCUT2D eigenvalue weighted by Crippen LogP contribution is 2.24. The van der Waals surface area contributed by atoms with E-state index in [9.17, 15) is 4.79 Å². The van der Waals surface area contributed by atoms with Crippen LogP contribution in [0.25, 0.3) is 0 Å². The van der Waals surface area contributed by atoms with Crippen LogP contribution < -0.4 is 10.2 Å². The number of carbonyl (C=O) groups is 1. The first-order valence-electron chi connectivity index (χ1n) is 9.94. The van der Waals surface area contributed by atoms with Crippen LogP contribution in [0, 0.1) is 0 Å². The Morgan fingerprint density at radius 2 is 2.00 bits per heavy atom. The Morgan fingerprint density at radius 1 is 1.18 bits per heavy atom. The van der Waals surface area contributed by atoms with E-state index in [-0.39, 0.29) is 5.91 Å². The number of aromatic nitrogens is 2. The van der Waals surface area contributed by atoms with Gasteiger partial charge >= 0.3 is 0 Å². The standard InChI is InChI=1S/C21H28N6O/c1-16-10-18(13-27(16)12-17-6-4-3-5-7-17)24-19-11-20(23-15-22-19)26-9-8-25(2)21(28)14-26/h3-7,11,15-16,18H,8-10,12-14H2,1-2H3,(H,22,23,24). The van der Waals surface area contributed by atoms with Crippen molar-refractivity contribution < 1.29 is 4.79 Å². The average Bonchev–Trinajstić information content (AvgIpc) is 3.04. The number of nitrogens with one attached hydrogen (secondary N) is 1. The van der Waals surface area contributed by atoms with Gasteiger partial charge in [0.2, 0.25) is 5.91 Å². The van der Waals surface area contributed by atoms with Gasteiger partial charge in [-0.15, -0.1) is 0 Å². The minimum atomic E-state index is 0.126. The molecule has 0 spiro atoms. The minimum absolute atomic E-state index is 0.126. The number of piperazine rings is 1. The molecule has 0 aliphatic carbocycles. The Balaban J connectivity index is 1.37. The summed E-state index contributed by atoms with van der Waals surface area (Å²) in [5, 5.41) is 3.57. The molecular formula is C21H28N6O. The van der Waals surface area contributed by atoms with Gasteiger partial charge in [-0.3, -0.25) is 9.69 Å². The molecule has 1 N–H and O–H groups in total. The maximum Gasteiger partial charge on any atom is 0.241 e. The van der Waals surface area contributed by atoms with Crippen molar-refractivity contribution in [1.29, 1.82) is 0 Å². The van der Waals surface area contributed by atoms with E-state index in [0.29, 0.717) is 18.6 Å². The number of benzene rings is 1. The van der Waals surface area contributed by atoms with Gasteiger partial charge in [-0.2, -0.15) is 0 Å². The minimum Gasteiger partial charge on any atom is -0.366 e. The number of amides is 1. The smallest absolute Gasteiger partial charge is 0.241 e. The molecule has 3 heterocycles. The summed E-state index contributed by atoms with van der Waals surface area (Å²) in [4.78, 5) is 27.1. The summed E-state index contributed by atoms with van der Waals surface area (Å²) < 4.78 is 0. The molecule has 2 atom stereocenters. The second-order valence-corrected chi connectivity index (χ2v) is 7.84. The zero-order chi connectivity index (χ0) is 19.5. The fourth-order valence-electron chi connectivity index (χ4n) is 4.00. The van der Waals surface area contributed by atoms with E-state index in [2.05, 4.69) is 57.4 Å². The zero-order valence-corrected chi connectivity index (χ0v) is 16.6. The van der Waals surface area contributed by atoms with Crippen LogP contribution in [0.3, 0.4) is 0 Å². The topological polar surface area (TPSA) is 64.6 Å². The van der Waals surface area contributed by atoms with E-state index in [4.69, 9.17) is 0 Å². The highest BCUT2D eigenvalue weighted by atomic mass is 16.2. The highest BCUT2D eigenvalue weighted by molar-refractivity contribution is 5.82. The second-order valence-electron chi connectivity index (χ2n) is 7.84. The summed E-state index contributed by atoms with van der Waals surface area (Å²) >= 11 is 0. The van der Waals surface area contributed by atoms with Crippen LogP contribution in [0.2, 0.25) is 0 Å². The first kappa shape index (κ1) is 18.7. The molecule has 0 saturated carbocycles. The number of rotatable bonds is 5. The number of hydrogen-bond acceptors (Lipinski definition) is 6. The van der Waals surface area contributed by atoms with E-state index >= 15 is 0 Å². The maximum absolute atomic E-state index is 12.0. The number of carbonyl (C=O) groups excluding carboxylic acids is 1. The molecule has 7 heteroatoms. The molecule has 2 aliphatic heterocycles. The maximum atomic E-state index is 12.0. The van der Waals surface area contributed by atoms with Crippen LogP contribution in [0.1, 0.15) is 18.9 Å². The lowest BCUT2D eigenvalue weighted by atomic mass is 10.2. The van der Waals surface area contributed by atoms with Crippen molar-refractivity contribution in [3.05, 3.63) is 48.3 Å². The molecule has 148 valence electrons. The van der Waals surface area contributed by atoms with Gasteiger partial charge in [0.25, 0.3) is 0 Å². The van der Waals surface area contributed by atoms with Crippen molar-refractivity contribution in [3.63, 3.8) is 0 Å². The van der Waals surface area contributed by atoms with E-state index in [1.165, 1.54) is 5.56 Å². The molecule has 2 saturated heterocycles. The Labute approximate surface area is 166 Å². The number of nitrogens with zero attached hydrogens (tertiary/aromatic N) is 5. The van der Waals surface area contributed by atoms with Crippen molar-refractivity contribution in [3.8, 4) is 0 Å². The first-order valence-corrected chi connectivity index (χ1v) is 9.94. The van der Waals surface area contributed by atoms with Crippen molar-refractivity contribution in [1.82, 2.24) is 19.8 Å². The second kappa shape index (κ2) is 8.14. The van der Waals surface area contributed by atoms with Gasteiger partial charge in [-0.05, 0) is 18.9 Å². The molecule has 2 aromatic rings. The number of anilines is 2. The van der Waals surface area contributed by atoms with Gasteiger partial charge in [0.15, 0.2) is 0 Å². The molecule has 1 aromatic carbocycles. The molecule has 1 aromatic heterocycles. The molecule has 28 heavy (non-hydrogen) atoms.